The predicted molar refractivity (Wildman–Crippen MR) is 143 cm³/mol. The molecule has 2 atom stereocenters. The molecule has 1 aliphatic rings. The molecule has 1 saturated heterocycles. The van der Waals surface area contributed by atoms with Crippen molar-refractivity contribution in [3.8, 4) is 11.4 Å². The Bertz CT molecular complexity index is 1660. The van der Waals surface area contributed by atoms with Crippen LogP contribution in [-0.2, 0) is 16.6 Å². The molecule has 3 heterocycles. The predicted octanol–water partition coefficient (Wildman–Crippen LogP) is 5.98. The van der Waals surface area contributed by atoms with Crippen molar-refractivity contribution in [1.82, 2.24) is 14.5 Å². The number of amides is 1. The number of nitrogens with zero attached hydrogens (tertiary/aromatic N) is 4. The van der Waals surface area contributed by atoms with Gasteiger partial charge in [0.15, 0.2) is 0 Å². The van der Waals surface area contributed by atoms with Crippen molar-refractivity contribution in [3.05, 3.63) is 76.4 Å². The van der Waals surface area contributed by atoms with E-state index in [2.05, 4.69) is 9.97 Å². The molecule has 1 amide bonds. The van der Waals surface area contributed by atoms with E-state index in [4.69, 9.17) is 27.9 Å². The summed E-state index contributed by atoms with van der Waals surface area (Å²) in [6.07, 6.45) is 4.74. The molecular weight excluding hydrogens is 551 g/mol. The summed E-state index contributed by atoms with van der Waals surface area (Å²) in [5.74, 6) is 0.454. The molecule has 0 saturated carbocycles. The number of ether oxygens (including phenoxy) is 1. The maximum absolute atomic E-state index is 13.7. The Balaban J connectivity index is 1.54. The fraction of sp³-hybridized carbons (Fsp3) is 0.269. The summed E-state index contributed by atoms with van der Waals surface area (Å²) in [5.41, 5.74) is 2.49. The van der Waals surface area contributed by atoms with Gasteiger partial charge in [-0.15, -0.1) is 3.89 Å². The molecule has 1 unspecified atom stereocenters. The first kappa shape index (κ1) is 26.4. The highest BCUT2D eigenvalue weighted by molar-refractivity contribution is 7.86. The second-order valence-corrected chi connectivity index (χ2v) is 12.1. The number of quaternary nitrogens is 1. The number of halogens is 2. The second kappa shape index (κ2) is 9.85. The van der Waals surface area contributed by atoms with Gasteiger partial charge in [0.1, 0.15) is 35.4 Å². The molecule has 0 aliphatic carbocycles. The molecule has 198 valence electrons. The van der Waals surface area contributed by atoms with E-state index in [1.165, 1.54) is 12.1 Å². The summed E-state index contributed by atoms with van der Waals surface area (Å²) in [4.78, 5) is 20.8. The van der Waals surface area contributed by atoms with E-state index in [-0.39, 0.29) is 33.7 Å². The average molecular weight is 576 g/mol. The summed E-state index contributed by atoms with van der Waals surface area (Å²) in [7, 11) is -4.40. The lowest BCUT2D eigenvalue weighted by Gasteiger charge is -2.31. The van der Waals surface area contributed by atoms with E-state index in [0.717, 1.165) is 16.8 Å². The quantitative estimate of drug-likeness (QED) is 0.281. The van der Waals surface area contributed by atoms with Gasteiger partial charge in [-0.05, 0) is 38.1 Å². The Kier molecular flexibility index (Phi) is 6.85. The van der Waals surface area contributed by atoms with E-state index in [0.29, 0.717) is 24.1 Å². The smallest absolute Gasteiger partial charge is 0.487 e. The third-order valence-electron chi connectivity index (χ3n) is 7.07. The van der Waals surface area contributed by atoms with Gasteiger partial charge in [0.05, 0.1) is 17.0 Å². The molecule has 1 N–H and O–H groups in total. The molecule has 0 radical (unpaired) electrons. The lowest BCUT2D eigenvalue weighted by molar-refractivity contribution is -0.741. The number of sulfonamides is 1. The Labute approximate surface area is 229 Å². The summed E-state index contributed by atoms with van der Waals surface area (Å²) in [5, 5.41) is 10.9. The molecule has 0 spiro atoms. The van der Waals surface area contributed by atoms with Gasteiger partial charge in [-0.2, -0.15) is 13.2 Å². The maximum atomic E-state index is 13.7. The zero-order chi connectivity index (χ0) is 27.2. The van der Waals surface area contributed by atoms with E-state index >= 15 is 0 Å². The normalized spacial score (nSPS) is 19.6. The van der Waals surface area contributed by atoms with Crippen LogP contribution in [0, 0.1) is 6.92 Å². The van der Waals surface area contributed by atoms with Gasteiger partial charge in [0.2, 0.25) is 0 Å². The summed E-state index contributed by atoms with van der Waals surface area (Å²) in [6.45, 7) is 3.31. The second-order valence-electron chi connectivity index (χ2n) is 9.30. The van der Waals surface area contributed by atoms with Gasteiger partial charge in [0, 0.05) is 46.9 Å². The number of likely N-dealkylation sites (tertiary alicyclic amines) is 1. The third-order valence-corrected chi connectivity index (χ3v) is 10.4. The molecule has 1 aliphatic heterocycles. The van der Waals surface area contributed by atoms with Crippen LogP contribution in [0.4, 0.5) is 4.79 Å². The number of aryl methyl sites for hydroxylation is 1. The molecule has 2 aromatic heterocycles. The number of carbonyl (C=O) groups is 1. The monoisotopic (exact) mass is 575 g/mol. The summed E-state index contributed by atoms with van der Waals surface area (Å²) in [6, 6.07) is 9.48. The molecular formula is C26H25Cl2N4O5S+. The first-order chi connectivity index (χ1) is 18.1. The van der Waals surface area contributed by atoms with Crippen molar-refractivity contribution in [2.75, 3.05) is 6.54 Å². The van der Waals surface area contributed by atoms with E-state index in [1.807, 2.05) is 35.9 Å². The van der Waals surface area contributed by atoms with E-state index in [1.54, 1.807) is 25.5 Å². The SMILES string of the molecule is Cc1cc(-n2ccnc2)c2cccc(OCc3c(Cl)ccc(S(=O)(=O)[N+]4(C(=O)O)CCC[C@H]4C)c3Cl)c2n1. The van der Waals surface area contributed by atoms with Gasteiger partial charge in [-0.1, -0.05) is 35.3 Å². The number of rotatable bonds is 6. The highest BCUT2D eigenvalue weighted by atomic mass is 35.5. The fourth-order valence-corrected chi connectivity index (χ4v) is 7.96. The fourth-order valence-electron chi connectivity index (χ4n) is 5.09. The van der Waals surface area contributed by atoms with Crippen molar-refractivity contribution < 1.29 is 26.9 Å². The van der Waals surface area contributed by atoms with Crippen molar-refractivity contribution in [2.45, 2.75) is 44.2 Å². The van der Waals surface area contributed by atoms with Crippen LogP contribution in [0.15, 0.2) is 60.0 Å². The zero-order valence-corrected chi connectivity index (χ0v) is 23.0. The highest BCUT2D eigenvalue weighted by Crippen LogP contribution is 2.41. The van der Waals surface area contributed by atoms with Crippen molar-refractivity contribution in [2.24, 2.45) is 0 Å². The summed E-state index contributed by atoms with van der Waals surface area (Å²) >= 11 is 13.1. The van der Waals surface area contributed by atoms with Crippen LogP contribution in [0.25, 0.3) is 16.6 Å². The standard InChI is InChI=1S/C26H24Cl2N4O5S/c1-16-13-21(31-11-10-29-15-31)18-6-3-7-22(25(18)30-16)37-14-19-20(27)8-9-23(24(19)28)38(35,36)32(26(33)34)12-4-5-17(32)2/h3,6-11,13,15,17H,4-5,12,14H2,1-2H3/p+1/t17-,32?/m1/s1. The molecule has 38 heavy (non-hydrogen) atoms. The third kappa shape index (κ3) is 4.12. The molecule has 1 fully saturated rings. The lowest BCUT2D eigenvalue weighted by atomic mass is 10.1. The number of pyridine rings is 1. The number of benzene rings is 2. The molecule has 5 rings (SSSR count). The number of hydrogen-bond donors (Lipinski definition) is 1. The highest BCUT2D eigenvalue weighted by Gasteiger charge is 2.58. The van der Waals surface area contributed by atoms with Crippen LogP contribution < -0.4 is 4.74 Å². The van der Waals surface area contributed by atoms with E-state index in [9.17, 15) is 18.3 Å². The maximum Gasteiger partial charge on any atom is 0.529 e. The van der Waals surface area contributed by atoms with Gasteiger partial charge < -0.3 is 14.4 Å². The molecule has 4 aromatic rings. The number of carboxylic acid groups (broad SMARTS) is 1. The van der Waals surface area contributed by atoms with Crippen molar-refractivity contribution in [1.29, 1.82) is 0 Å². The Morgan fingerprint density at radius 1 is 1.26 bits per heavy atom. The Morgan fingerprint density at radius 2 is 2.05 bits per heavy atom. The minimum absolute atomic E-state index is 0.0378. The van der Waals surface area contributed by atoms with Crippen LogP contribution >= 0.6 is 23.2 Å². The van der Waals surface area contributed by atoms with Gasteiger partial charge in [-0.25, -0.2) is 9.97 Å². The van der Waals surface area contributed by atoms with Gasteiger partial charge in [0.25, 0.3) is 0 Å². The average Bonchev–Trinajstić information content (AvgIpc) is 3.54. The molecule has 2 aromatic carbocycles. The van der Waals surface area contributed by atoms with Gasteiger partial charge in [-0.3, -0.25) is 0 Å². The number of fused-ring (bicyclic) bond motifs is 1. The molecule has 9 nitrogen and oxygen atoms in total. The zero-order valence-electron chi connectivity index (χ0n) is 20.6. The van der Waals surface area contributed by atoms with Crippen LogP contribution in [0.1, 0.15) is 31.0 Å². The van der Waals surface area contributed by atoms with Crippen molar-refractivity contribution >= 4 is 50.2 Å². The van der Waals surface area contributed by atoms with Crippen molar-refractivity contribution in [3.63, 3.8) is 0 Å². The molecule has 0 bridgehead atoms. The largest absolute Gasteiger partial charge is 0.529 e. The number of imidazole rings is 1. The topological polar surface area (TPSA) is 111 Å². The number of hydrogen-bond acceptors (Lipinski definition) is 6. The number of aromatic nitrogens is 3. The van der Waals surface area contributed by atoms with Crippen LogP contribution in [0.5, 0.6) is 5.75 Å². The Hall–Kier alpha value is -3.18. The summed E-state index contributed by atoms with van der Waals surface area (Å²) < 4.78 is 34.4. The van der Waals surface area contributed by atoms with Gasteiger partial charge >= 0.3 is 16.1 Å². The first-order valence-corrected chi connectivity index (χ1v) is 14.1. The van der Waals surface area contributed by atoms with Crippen LogP contribution in [0.2, 0.25) is 10.0 Å². The van der Waals surface area contributed by atoms with Crippen LogP contribution in [0.3, 0.4) is 0 Å². The lowest BCUT2D eigenvalue weighted by Crippen LogP contribution is -2.58. The number of para-hydroxylation sites is 1. The van der Waals surface area contributed by atoms with Crippen LogP contribution in [-0.4, -0.2) is 50.6 Å². The minimum atomic E-state index is -4.40. The van der Waals surface area contributed by atoms with E-state index < -0.39 is 26.0 Å². The Morgan fingerprint density at radius 3 is 2.71 bits per heavy atom. The molecule has 12 heteroatoms. The minimum Gasteiger partial charge on any atom is -0.487 e. The first-order valence-electron chi connectivity index (χ1n) is 11.9.